The van der Waals surface area contributed by atoms with Gasteiger partial charge >= 0.3 is 0 Å². The number of ether oxygens (including phenoxy) is 1. The number of carbonyl (C=O) groups is 1. The average molecular weight is 382 g/mol. The van der Waals surface area contributed by atoms with Gasteiger partial charge in [0.25, 0.3) is 0 Å². The van der Waals surface area contributed by atoms with Crippen molar-refractivity contribution in [2.24, 2.45) is 0 Å². The largest absolute Gasteiger partial charge is 0.491 e. The van der Waals surface area contributed by atoms with E-state index in [9.17, 15) is 25.2 Å². The molecule has 4 atom stereocenters. The van der Waals surface area contributed by atoms with Crippen molar-refractivity contribution in [2.45, 2.75) is 102 Å². The van der Waals surface area contributed by atoms with Gasteiger partial charge in [0.05, 0.1) is 17.3 Å². The van der Waals surface area contributed by atoms with Gasteiger partial charge in [0.15, 0.2) is 5.78 Å². The van der Waals surface area contributed by atoms with Crippen LogP contribution in [0.1, 0.15) is 72.6 Å². The maximum Gasteiger partial charge on any atom is 0.190 e. The Bertz CT molecular complexity index is 611. The van der Waals surface area contributed by atoms with Crippen LogP contribution in [0.25, 0.3) is 0 Å². The number of ketones is 1. The van der Waals surface area contributed by atoms with Crippen molar-refractivity contribution in [1.29, 1.82) is 0 Å². The lowest BCUT2D eigenvalue weighted by Crippen LogP contribution is -2.39. The molecule has 0 aromatic heterocycles. The van der Waals surface area contributed by atoms with Crippen molar-refractivity contribution in [2.75, 3.05) is 0 Å². The first-order chi connectivity index (χ1) is 12.4. The fraction of sp³-hybridized carbons (Fsp3) is 0.762. The second kappa shape index (κ2) is 8.43. The highest BCUT2D eigenvalue weighted by molar-refractivity contribution is 6.00. The van der Waals surface area contributed by atoms with E-state index in [1.807, 2.05) is 13.0 Å². The van der Waals surface area contributed by atoms with E-state index in [1.165, 1.54) is 0 Å². The molecule has 2 rings (SSSR count). The molecule has 2 aliphatic rings. The molecule has 1 heterocycles. The zero-order chi connectivity index (χ0) is 20.4. The molecule has 0 saturated carbocycles. The van der Waals surface area contributed by atoms with Gasteiger partial charge in [-0.2, -0.15) is 0 Å². The second-order valence-corrected chi connectivity index (χ2v) is 8.79. The van der Waals surface area contributed by atoms with Crippen molar-refractivity contribution in [3.8, 4) is 0 Å². The van der Waals surface area contributed by atoms with Crippen LogP contribution >= 0.6 is 0 Å². The van der Waals surface area contributed by atoms with Gasteiger partial charge in [-0.3, -0.25) is 4.79 Å². The second-order valence-electron chi connectivity index (χ2n) is 8.79. The van der Waals surface area contributed by atoms with Crippen molar-refractivity contribution in [3.05, 3.63) is 23.0 Å². The summed E-state index contributed by atoms with van der Waals surface area (Å²) >= 11 is 0. The van der Waals surface area contributed by atoms with E-state index >= 15 is 0 Å². The van der Waals surface area contributed by atoms with E-state index in [-0.39, 0.29) is 5.78 Å². The molecule has 4 N–H and O–H groups in total. The molecule has 0 radical (unpaired) electrons. The lowest BCUT2D eigenvalue weighted by molar-refractivity contribution is -0.124. The van der Waals surface area contributed by atoms with Crippen LogP contribution < -0.4 is 0 Å². The minimum Gasteiger partial charge on any atom is -0.491 e. The summed E-state index contributed by atoms with van der Waals surface area (Å²) in [7, 11) is 0. The van der Waals surface area contributed by atoms with Gasteiger partial charge in [-0.1, -0.05) is 11.6 Å². The minimum atomic E-state index is -1.11. The first-order valence-electron chi connectivity index (χ1n) is 9.81. The van der Waals surface area contributed by atoms with Gasteiger partial charge in [-0.05, 0) is 59.8 Å². The highest BCUT2D eigenvalue weighted by Gasteiger charge is 2.43. The molecule has 0 saturated heterocycles. The fourth-order valence-corrected chi connectivity index (χ4v) is 3.57. The normalized spacial score (nSPS) is 27.3. The van der Waals surface area contributed by atoms with Gasteiger partial charge in [0.1, 0.15) is 18.0 Å². The Hall–Kier alpha value is -1.21. The molecule has 1 aliphatic carbocycles. The summed E-state index contributed by atoms with van der Waals surface area (Å²) in [5.41, 5.74) is -0.559. The molecule has 0 aromatic rings. The van der Waals surface area contributed by atoms with Crippen LogP contribution in [0.15, 0.2) is 23.0 Å². The summed E-state index contributed by atoms with van der Waals surface area (Å²) in [6.07, 6.45) is 3.40. The zero-order valence-electron chi connectivity index (χ0n) is 16.9. The van der Waals surface area contributed by atoms with Crippen LogP contribution in [0.2, 0.25) is 0 Å². The summed E-state index contributed by atoms with van der Waals surface area (Å²) in [6.45, 7) is 6.87. The molecule has 0 bridgehead atoms. The highest BCUT2D eigenvalue weighted by atomic mass is 16.5. The Morgan fingerprint density at radius 1 is 1.33 bits per heavy atom. The maximum atomic E-state index is 12.1. The Morgan fingerprint density at radius 2 is 2.00 bits per heavy atom. The van der Waals surface area contributed by atoms with Gasteiger partial charge in [-0.25, -0.2) is 0 Å². The number of Topliss-reactive ketones (excluding diaryl/α,β-unsaturated/α-hetero) is 1. The van der Waals surface area contributed by atoms with E-state index in [2.05, 4.69) is 0 Å². The van der Waals surface area contributed by atoms with Crippen LogP contribution in [-0.4, -0.2) is 55.7 Å². The number of allylic oxidation sites excluding steroid dienone is 3. The Kier molecular flexibility index (Phi) is 6.90. The summed E-state index contributed by atoms with van der Waals surface area (Å²) in [4.78, 5) is 12.1. The van der Waals surface area contributed by atoms with Crippen LogP contribution in [0, 0.1) is 0 Å². The monoisotopic (exact) mass is 382 g/mol. The minimum absolute atomic E-state index is 0.268. The molecule has 27 heavy (non-hydrogen) atoms. The van der Waals surface area contributed by atoms with Gasteiger partial charge in [0.2, 0.25) is 0 Å². The molecular formula is C21H34O6. The van der Waals surface area contributed by atoms with E-state index < -0.39 is 29.5 Å². The fourth-order valence-electron chi connectivity index (χ4n) is 3.57. The molecule has 0 amide bonds. The first-order valence-corrected chi connectivity index (χ1v) is 9.81. The van der Waals surface area contributed by atoms with Crippen molar-refractivity contribution < 1.29 is 30.0 Å². The van der Waals surface area contributed by atoms with Gasteiger partial charge in [-0.15, -0.1) is 0 Å². The number of hydrogen-bond acceptors (Lipinski definition) is 6. The predicted molar refractivity (Wildman–Crippen MR) is 102 cm³/mol. The molecular weight excluding hydrogens is 348 g/mol. The lowest BCUT2D eigenvalue weighted by atomic mass is 9.86. The summed E-state index contributed by atoms with van der Waals surface area (Å²) in [5, 5.41) is 40.2. The molecule has 0 unspecified atom stereocenters. The average Bonchev–Trinajstić information content (AvgIpc) is 3.01. The number of hydrogen-bond donors (Lipinski definition) is 4. The summed E-state index contributed by atoms with van der Waals surface area (Å²) in [6, 6.07) is 0. The number of aliphatic hydroxyl groups excluding tert-OH is 2. The number of rotatable bonds is 8. The smallest absolute Gasteiger partial charge is 0.190 e. The number of carbonyl (C=O) groups excluding carboxylic acids is 1. The summed E-state index contributed by atoms with van der Waals surface area (Å²) < 4.78 is 5.84. The zero-order valence-corrected chi connectivity index (χ0v) is 16.9. The molecule has 1 aliphatic heterocycles. The third-order valence-corrected chi connectivity index (χ3v) is 5.72. The Balaban J connectivity index is 1.82. The van der Waals surface area contributed by atoms with Crippen LogP contribution in [0.4, 0.5) is 0 Å². The van der Waals surface area contributed by atoms with Gasteiger partial charge in [0, 0.05) is 18.4 Å². The third kappa shape index (κ3) is 5.64. The first kappa shape index (κ1) is 22.1. The maximum absolute atomic E-state index is 12.1. The SMILES string of the molecule is C/C(=C\CC[C@](C)(O)[C@@H]1CC2=C(CC[C@@H](O)C2=O)O1)CC[C@@H](O)C(C)(C)O. The molecule has 0 fully saturated rings. The van der Waals surface area contributed by atoms with E-state index in [4.69, 9.17) is 4.74 Å². The van der Waals surface area contributed by atoms with Crippen molar-refractivity contribution >= 4 is 5.78 Å². The standard InChI is InChI=1S/C21H34O6/c1-13(7-10-17(23)20(2,3)25)6-5-11-21(4,26)18-12-14-16(27-18)9-8-15(22)19(14)24/h6,15,17-18,22-23,25-26H,5,7-12H2,1-4H3/b13-6+/t15-,17-,18+,21+/m1/s1. The molecule has 6 nitrogen and oxygen atoms in total. The topological polar surface area (TPSA) is 107 Å². The third-order valence-electron chi connectivity index (χ3n) is 5.72. The van der Waals surface area contributed by atoms with Crippen molar-refractivity contribution in [1.82, 2.24) is 0 Å². The van der Waals surface area contributed by atoms with E-state index in [1.54, 1.807) is 20.8 Å². The summed E-state index contributed by atoms with van der Waals surface area (Å²) in [5.74, 6) is 0.360. The van der Waals surface area contributed by atoms with Crippen LogP contribution in [-0.2, 0) is 9.53 Å². The quantitative estimate of drug-likeness (QED) is 0.479. The predicted octanol–water partition coefficient (Wildman–Crippen LogP) is 2.14. The van der Waals surface area contributed by atoms with Crippen molar-refractivity contribution in [3.63, 3.8) is 0 Å². The van der Waals surface area contributed by atoms with Crippen LogP contribution in [0.3, 0.4) is 0 Å². The lowest BCUT2D eigenvalue weighted by Gasteiger charge is -2.30. The molecule has 154 valence electrons. The van der Waals surface area contributed by atoms with Gasteiger partial charge < -0.3 is 25.2 Å². The number of aliphatic hydroxyl groups is 4. The van der Waals surface area contributed by atoms with E-state index in [0.717, 1.165) is 5.57 Å². The molecule has 0 aromatic carbocycles. The Labute approximate surface area is 161 Å². The molecule has 6 heteroatoms. The highest BCUT2D eigenvalue weighted by Crippen LogP contribution is 2.39. The molecule has 0 spiro atoms. The van der Waals surface area contributed by atoms with E-state index in [0.29, 0.717) is 56.3 Å². The Morgan fingerprint density at radius 3 is 2.63 bits per heavy atom. The van der Waals surface area contributed by atoms with Crippen LogP contribution in [0.5, 0.6) is 0 Å².